The molecule has 1 aromatic carbocycles. The van der Waals surface area contributed by atoms with Gasteiger partial charge in [0, 0.05) is 17.2 Å². The molecule has 1 aromatic rings. The average molecular weight is 544 g/mol. The Morgan fingerprint density at radius 2 is 1.73 bits per heavy atom. The van der Waals surface area contributed by atoms with Crippen LogP contribution < -0.4 is 4.74 Å². The highest BCUT2D eigenvalue weighted by atomic mass is 31.2. The van der Waals surface area contributed by atoms with E-state index < -0.39 is 29.6 Å². The molecule has 37 heavy (non-hydrogen) atoms. The number of alkyl halides is 2. The van der Waals surface area contributed by atoms with Gasteiger partial charge in [-0.2, -0.15) is 0 Å². The monoisotopic (exact) mass is 543 g/mol. The minimum absolute atomic E-state index is 0.0799. The molecule has 0 saturated heterocycles. The van der Waals surface area contributed by atoms with Crippen molar-refractivity contribution in [2.45, 2.75) is 123 Å². The summed E-state index contributed by atoms with van der Waals surface area (Å²) in [5.74, 6) is 0.808. The van der Waals surface area contributed by atoms with Crippen molar-refractivity contribution in [1.29, 1.82) is 0 Å². The first-order valence-corrected chi connectivity index (χ1v) is 15.2. The Kier molecular flexibility index (Phi) is 11.2. The normalized spacial score (nSPS) is 18.7. The van der Waals surface area contributed by atoms with E-state index in [1.54, 1.807) is 13.0 Å². The maximum atomic E-state index is 14.0. The lowest BCUT2D eigenvalue weighted by Gasteiger charge is -2.41. The van der Waals surface area contributed by atoms with Crippen molar-refractivity contribution in [2.75, 3.05) is 19.8 Å². The Bertz CT molecular complexity index is 934. The van der Waals surface area contributed by atoms with Crippen LogP contribution in [0.2, 0.25) is 0 Å². The highest BCUT2D eigenvalue weighted by Crippen LogP contribution is 2.67. The molecule has 0 fully saturated rings. The fraction of sp³-hybridized carbons (Fsp3) is 0.759. The van der Waals surface area contributed by atoms with Crippen LogP contribution in [0.15, 0.2) is 23.2 Å². The summed E-state index contributed by atoms with van der Waals surface area (Å²) in [5.41, 5.74) is -0.0160. The van der Waals surface area contributed by atoms with E-state index in [0.717, 1.165) is 31.2 Å². The molecule has 0 N–H and O–H groups in total. The molecule has 0 amide bonds. The fourth-order valence-corrected chi connectivity index (χ4v) is 8.05. The maximum absolute atomic E-state index is 14.0. The van der Waals surface area contributed by atoms with E-state index in [0.29, 0.717) is 32.0 Å². The Balaban J connectivity index is 2.13. The van der Waals surface area contributed by atoms with Gasteiger partial charge in [0.2, 0.25) is 7.37 Å². The zero-order chi connectivity index (χ0) is 27.9. The predicted octanol–water partition coefficient (Wildman–Crippen LogP) is 8.99. The molecule has 1 atom stereocenters. The summed E-state index contributed by atoms with van der Waals surface area (Å²) < 4.78 is 59.4. The van der Waals surface area contributed by atoms with Gasteiger partial charge < -0.3 is 14.0 Å². The van der Waals surface area contributed by atoms with Crippen LogP contribution in [0.25, 0.3) is 0 Å². The molecular weight excluding hydrogens is 495 g/mol. The summed E-state index contributed by atoms with van der Waals surface area (Å²) in [6.45, 7) is 16.5. The molecular formula is C29H48F2NO4P. The largest absolute Gasteiger partial charge is 0.493 e. The van der Waals surface area contributed by atoms with Gasteiger partial charge in [0.15, 0.2) is 5.90 Å². The number of hydrogen-bond acceptors (Lipinski definition) is 5. The number of nitrogens with zero attached hydrogens (tertiary/aromatic N) is 1. The van der Waals surface area contributed by atoms with Gasteiger partial charge in [0.1, 0.15) is 17.9 Å². The lowest BCUT2D eigenvalue weighted by molar-refractivity contribution is 0.144. The Labute approximate surface area is 223 Å². The molecule has 1 aliphatic heterocycles. The average Bonchev–Trinajstić information content (AvgIpc) is 3.18. The van der Waals surface area contributed by atoms with E-state index in [-0.39, 0.29) is 17.9 Å². The van der Waals surface area contributed by atoms with E-state index in [9.17, 15) is 13.3 Å². The van der Waals surface area contributed by atoms with Crippen molar-refractivity contribution in [3.63, 3.8) is 0 Å². The number of ether oxygens (including phenoxy) is 2. The van der Waals surface area contributed by atoms with Crippen molar-refractivity contribution in [1.82, 2.24) is 0 Å². The fourth-order valence-electron chi connectivity index (χ4n) is 4.84. The highest BCUT2D eigenvalue weighted by molar-refractivity contribution is 7.62. The number of hydrogen-bond donors (Lipinski definition) is 0. The number of unbranched alkanes of at least 4 members (excludes halogenated alkanes) is 4. The summed E-state index contributed by atoms with van der Waals surface area (Å²) in [7, 11) is -3.09. The van der Waals surface area contributed by atoms with Crippen LogP contribution in [-0.2, 0) is 20.2 Å². The van der Waals surface area contributed by atoms with E-state index in [1.807, 2.05) is 47.6 Å². The van der Waals surface area contributed by atoms with Crippen LogP contribution in [-0.4, -0.2) is 41.6 Å². The lowest BCUT2D eigenvalue weighted by atomic mass is 9.93. The second-order valence-corrected chi connectivity index (χ2v) is 16.3. The number of benzene rings is 1. The third kappa shape index (κ3) is 8.51. The first kappa shape index (κ1) is 31.8. The SMILES string of the molecule is CCCCCCCOc1ccc(CCC2(COP(=O)(C(C)(C)C)C(C)(C)C)COC(C)=N2)cc1C(F)F. The molecule has 0 spiro atoms. The number of aryl methyl sites for hydroxylation is 1. The van der Waals surface area contributed by atoms with Gasteiger partial charge in [-0.05, 0) is 37.0 Å². The Morgan fingerprint density at radius 3 is 2.27 bits per heavy atom. The van der Waals surface area contributed by atoms with Gasteiger partial charge in [-0.1, -0.05) is 80.2 Å². The standard InChI is InChI=1S/C29H48F2NO4P/c1-9-10-11-12-13-18-34-25-15-14-23(19-24(25)26(30)31)16-17-29(20-35-22(2)32-29)21-36-37(33,27(3,4)5)28(6,7)8/h14-15,19,26H,9-13,16-18,20-21H2,1-8H3. The summed E-state index contributed by atoms with van der Waals surface area (Å²) in [4.78, 5) is 4.72. The van der Waals surface area contributed by atoms with Crippen molar-refractivity contribution < 1.29 is 27.3 Å². The van der Waals surface area contributed by atoms with E-state index in [4.69, 9.17) is 19.0 Å². The number of rotatable bonds is 14. The molecule has 0 bridgehead atoms. The van der Waals surface area contributed by atoms with Crippen LogP contribution in [0.5, 0.6) is 5.75 Å². The van der Waals surface area contributed by atoms with Crippen LogP contribution in [0.1, 0.15) is 111 Å². The molecule has 5 nitrogen and oxygen atoms in total. The quantitative estimate of drug-likeness (QED) is 0.174. The van der Waals surface area contributed by atoms with Gasteiger partial charge in [-0.25, -0.2) is 13.8 Å². The summed E-state index contributed by atoms with van der Waals surface area (Å²) in [6.07, 6.45) is 3.80. The third-order valence-corrected chi connectivity index (χ3v) is 10.9. The first-order valence-electron chi connectivity index (χ1n) is 13.6. The van der Waals surface area contributed by atoms with Gasteiger partial charge in [-0.3, -0.25) is 4.57 Å². The molecule has 0 radical (unpaired) electrons. The lowest BCUT2D eigenvalue weighted by Crippen LogP contribution is -2.38. The molecule has 1 unspecified atom stereocenters. The highest BCUT2D eigenvalue weighted by Gasteiger charge is 2.49. The molecule has 2 rings (SSSR count). The number of halogens is 2. The number of aliphatic imine (C=N–C) groups is 1. The zero-order valence-corrected chi connectivity index (χ0v) is 25.1. The second kappa shape index (κ2) is 13.1. The summed E-state index contributed by atoms with van der Waals surface area (Å²) in [5, 5.41) is -1.08. The second-order valence-electron chi connectivity index (χ2n) is 12.2. The van der Waals surface area contributed by atoms with Crippen LogP contribution >= 0.6 is 7.37 Å². The van der Waals surface area contributed by atoms with Crippen molar-refractivity contribution in [2.24, 2.45) is 4.99 Å². The van der Waals surface area contributed by atoms with E-state index in [1.165, 1.54) is 12.5 Å². The molecule has 1 heterocycles. The summed E-state index contributed by atoms with van der Waals surface area (Å²) in [6, 6.07) is 5.03. The van der Waals surface area contributed by atoms with E-state index in [2.05, 4.69) is 6.92 Å². The first-order chi connectivity index (χ1) is 17.1. The van der Waals surface area contributed by atoms with Gasteiger partial charge in [-0.15, -0.1) is 0 Å². The minimum atomic E-state index is -3.09. The molecule has 0 aromatic heterocycles. The van der Waals surface area contributed by atoms with Crippen LogP contribution in [0.3, 0.4) is 0 Å². The van der Waals surface area contributed by atoms with Crippen molar-refractivity contribution >= 4 is 13.3 Å². The molecule has 1 aliphatic rings. The molecule has 8 heteroatoms. The Morgan fingerprint density at radius 1 is 1.08 bits per heavy atom. The zero-order valence-electron chi connectivity index (χ0n) is 24.2. The molecule has 0 aliphatic carbocycles. The van der Waals surface area contributed by atoms with Crippen LogP contribution in [0.4, 0.5) is 8.78 Å². The third-order valence-electron chi connectivity index (χ3n) is 6.92. The Hall–Kier alpha value is -1.46. The van der Waals surface area contributed by atoms with Crippen molar-refractivity contribution in [3.05, 3.63) is 29.3 Å². The van der Waals surface area contributed by atoms with Gasteiger partial charge in [0.25, 0.3) is 6.43 Å². The topological polar surface area (TPSA) is 57.1 Å². The summed E-state index contributed by atoms with van der Waals surface area (Å²) >= 11 is 0. The van der Waals surface area contributed by atoms with Crippen LogP contribution in [0, 0.1) is 0 Å². The molecule has 212 valence electrons. The molecule has 0 saturated carbocycles. The predicted molar refractivity (Wildman–Crippen MR) is 149 cm³/mol. The smallest absolute Gasteiger partial charge is 0.267 e. The van der Waals surface area contributed by atoms with Crippen molar-refractivity contribution in [3.8, 4) is 5.75 Å². The maximum Gasteiger partial charge on any atom is 0.267 e. The minimum Gasteiger partial charge on any atom is -0.493 e. The van der Waals surface area contributed by atoms with E-state index >= 15 is 0 Å². The van der Waals surface area contributed by atoms with Gasteiger partial charge in [0.05, 0.1) is 18.8 Å². The van der Waals surface area contributed by atoms with Gasteiger partial charge >= 0.3 is 0 Å².